The van der Waals surface area contributed by atoms with Crippen molar-refractivity contribution in [2.75, 3.05) is 11.4 Å². The minimum absolute atomic E-state index is 0.281. The summed E-state index contributed by atoms with van der Waals surface area (Å²) < 4.78 is 17.4. The number of rotatable bonds is 5. The van der Waals surface area contributed by atoms with Crippen molar-refractivity contribution in [2.45, 2.75) is 45.6 Å². The van der Waals surface area contributed by atoms with E-state index < -0.39 is 0 Å². The topological polar surface area (TPSA) is 77.5 Å². The van der Waals surface area contributed by atoms with E-state index >= 15 is 0 Å². The van der Waals surface area contributed by atoms with Gasteiger partial charge in [0.25, 0.3) is 0 Å². The Labute approximate surface area is 191 Å². The summed E-state index contributed by atoms with van der Waals surface area (Å²) in [6.45, 7) is 7.29. The fourth-order valence-corrected chi connectivity index (χ4v) is 4.66. The predicted octanol–water partition coefficient (Wildman–Crippen LogP) is 4.21. The smallest absolute Gasteiger partial charge is 0.237 e. The monoisotopic (exact) mass is 444 g/mol. The van der Waals surface area contributed by atoms with Gasteiger partial charge in [-0.05, 0) is 63.3 Å². The third kappa shape index (κ3) is 3.06. The molecule has 3 aromatic heterocycles. The zero-order chi connectivity index (χ0) is 22.7. The molecule has 8 nitrogen and oxygen atoms in total. The molecule has 0 unspecified atom stereocenters. The van der Waals surface area contributed by atoms with Crippen LogP contribution in [0, 0.1) is 18.7 Å². The SMILES string of the molecule is CC[C@]1(C)c2nnc(C)n2-c2cnc(-n3ccnc3-c3ccc(F)cc3)nc2N1CC1CC1. The van der Waals surface area contributed by atoms with Gasteiger partial charge in [0.05, 0.1) is 11.7 Å². The Morgan fingerprint density at radius 3 is 2.64 bits per heavy atom. The fraction of sp³-hybridized carbons (Fsp3) is 0.375. The second-order valence-electron chi connectivity index (χ2n) is 9.09. The summed E-state index contributed by atoms with van der Waals surface area (Å²) in [6.07, 6.45) is 8.76. The quantitative estimate of drug-likeness (QED) is 0.459. The Morgan fingerprint density at radius 2 is 1.91 bits per heavy atom. The van der Waals surface area contributed by atoms with Crippen LogP contribution in [-0.2, 0) is 5.54 Å². The highest BCUT2D eigenvalue weighted by Gasteiger charge is 2.45. The van der Waals surface area contributed by atoms with Crippen LogP contribution in [-0.4, -0.2) is 40.8 Å². The lowest BCUT2D eigenvalue weighted by molar-refractivity contribution is 0.369. The van der Waals surface area contributed by atoms with Crippen LogP contribution in [0.25, 0.3) is 23.0 Å². The lowest BCUT2D eigenvalue weighted by Crippen LogP contribution is -2.50. The molecule has 33 heavy (non-hydrogen) atoms. The minimum Gasteiger partial charge on any atom is -0.342 e. The summed E-state index contributed by atoms with van der Waals surface area (Å²) in [5, 5.41) is 8.95. The molecule has 1 fully saturated rings. The fourth-order valence-electron chi connectivity index (χ4n) is 4.66. The highest BCUT2D eigenvalue weighted by atomic mass is 19.1. The van der Waals surface area contributed by atoms with Crippen LogP contribution in [0.4, 0.5) is 10.2 Å². The van der Waals surface area contributed by atoms with Gasteiger partial charge in [-0.2, -0.15) is 4.98 Å². The first-order chi connectivity index (χ1) is 16.0. The Hall–Kier alpha value is -3.62. The second-order valence-corrected chi connectivity index (χ2v) is 9.09. The Kier molecular flexibility index (Phi) is 4.36. The number of hydrogen-bond acceptors (Lipinski definition) is 6. The number of imidazole rings is 1. The van der Waals surface area contributed by atoms with Crippen LogP contribution in [0.2, 0.25) is 0 Å². The van der Waals surface area contributed by atoms with E-state index in [0.29, 0.717) is 17.7 Å². The molecule has 0 bridgehead atoms. The van der Waals surface area contributed by atoms with Crippen molar-refractivity contribution >= 4 is 5.82 Å². The number of halogens is 1. The van der Waals surface area contributed by atoms with Gasteiger partial charge < -0.3 is 4.90 Å². The zero-order valence-corrected chi connectivity index (χ0v) is 18.9. The van der Waals surface area contributed by atoms with Crippen molar-refractivity contribution in [3.05, 3.63) is 60.3 Å². The molecule has 0 saturated heterocycles. The Bertz CT molecular complexity index is 1340. The van der Waals surface area contributed by atoms with Crippen molar-refractivity contribution in [1.82, 2.24) is 34.3 Å². The maximum Gasteiger partial charge on any atom is 0.237 e. The van der Waals surface area contributed by atoms with E-state index in [-0.39, 0.29) is 11.4 Å². The van der Waals surface area contributed by atoms with Gasteiger partial charge in [-0.25, -0.2) is 14.4 Å². The van der Waals surface area contributed by atoms with Gasteiger partial charge in [-0.15, -0.1) is 10.2 Å². The number of aryl methyl sites for hydroxylation is 1. The lowest BCUT2D eigenvalue weighted by atomic mass is 9.92. The van der Waals surface area contributed by atoms with Gasteiger partial charge in [0.2, 0.25) is 5.95 Å². The molecule has 9 heteroatoms. The summed E-state index contributed by atoms with van der Waals surface area (Å²) in [7, 11) is 0. The van der Waals surface area contributed by atoms with Crippen LogP contribution in [0.1, 0.15) is 44.8 Å². The first-order valence-corrected chi connectivity index (χ1v) is 11.4. The highest BCUT2D eigenvalue weighted by molar-refractivity contribution is 5.65. The van der Waals surface area contributed by atoms with Crippen molar-refractivity contribution in [1.29, 1.82) is 0 Å². The minimum atomic E-state index is -0.322. The molecule has 1 atom stereocenters. The standard InChI is InChI=1S/C24H25FN8/c1-4-24(3)22-30-29-15(2)33(22)19-13-27-23(28-21(19)32(24)14-16-5-6-16)31-12-11-26-20(31)17-7-9-18(25)10-8-17/h7-13,16H,4-6,14H2,1-3H3/t24-/m1/s1. The van der Waals surface area contributed by atoms with E-state index in [4.69, 9.17) is 9.97 Å². The maximum absolute atomic E-state index is 13.5. The van der Waals surface area contributed by atoms with Crippen LogP contribution >= 0.6 is 0 Å². The van der Waals surface area contributed by atoms with Gasteiger partial charge >= 0.3 is 0 Å². The molecule has 0 spiro atoms. The number of benzene rings is 1. The second kappa shape index (κ2) is 7.19. The Morgan fingerprint density at radius 1 is 1.12 bits per heavy atom. The summed E-state index contributed by atoms with van der Waals surface area (Å²) in [5.41, 5.74) is 1.37. The molecule has 1 aliphatic heterocycles. The van der Waals surface area contributed by atoms with E-state index in [1.165, 1.54) is 25.0 Å². The van der Waals surface area contributed by atoms with Gasteiger partial charge in [0.15, 0.2) is 11.6 Å². The zero-order valence-electron chi connectivity index (χ0n) is 18.9. The molecule has 4 aromatic rings. The van der Waals surface area contributed by atoms with Crippen LogP contribution in [0.15, 0.2) is 42.9 Å². The molecule has 1 aliphatic carbocycles. The van der Waals surface area contributed by atoms with Crippen molar-refractivity contribution < 1.29 is 4.39 Å². The molecule has 6 rings (SSSR count). The first-order valence-electron chi connectivity index (χ1n) is 11.4. The van der Waals surface area contributed by atoms with E-state index in [1.807, 2.05) is 23.9 Å². The normalized spacial score (nSPS) is 19.5. The summed E-state index contributed by atoms with van der Waals surface area (Å²) in [6, 6.07) is 6.30. The van der Waals surface area contributed by atoms with Crippen LogP contribution in [0.5, 0.6) is 0 Å². The number of hydrogen-bond donors (Lipinski definition) is 0. The highest BCUT2D eigenvalue weighted by Crippen LogP contribution is 2.45. The average Bonchev–Trinajstić information content (AvgIpc) is 3.36. The van der Waals surface area contributed by atoms with Crippen LogP contribution in [0.3, 0.4) is 0 Å². The summed E-state index contributed by atoms with van der Waals surface area (Å²) >= 11 is 0. The van der Waals surface area contributed by atoms with Gasteiger partial charge in [0, 0.05) is 24.5 Å². The van der Waals surface area contributed by atoms with Crippen LogP contribution < -0.4 is 4.90 Å². The van der Waals surface area contributed by atoms with Gasteiger partial charge in [-0.1, -0.05) is 6.92 Å². The molecule has 1 saturated carbocycles. The van der Waals surface area contributed by atoms with Gasteiger partial charge in [0.1, 0.15) is 23.2 Å². The molecule has 1 aromatic carbocycles. The van der Waals surface area contributed by atoms with Crippen molar-refractivity contribution in [2.24, 2.45) is 5.92 Å². The number of aromatic nitrogens is 7. The maximum atomic E-state index is 13.5. The van der Waals surface area contributed by atoms with E-state index in [0.717, 1.165) is 41.7 Å². The molecular weight excluding hydrogens is 419 g/mol. The number of anilines is 1. The largest absolute Gasteiger partial charge is 0.342 e. The van der Waals surface area contributed by atoms with E-state index in [2.05, 4.69) is 38.5 Å². The third-order valence-corrected chi connectivity index (χ3v) is 6.92. The molecule has 2 aliphatic rings. The number of nitrogens with zero attached hydrogens (tertiary/aromatic N) is 8. The summed E-state index contributed by atoms with van der Waals surface area (Å²) in [5.74, 6) is 4.21. The molecule has 0 radical (unpaired) electrons. The molecule has 168 valence electrons. The van der Waals surface area contributed by atoms with Crippen molar-refractivity contribution in [3.63, 3.8) is 0 Å². The van der Waals surface area contributed by atoms with Gasteiger partial charge in [-0.3, -0.25) is 9.13 Å². The average molecular weight is 445 g/mol. The number of fused-ring (bicyclic) bond motifs is 3. The molecule has 4 heterocycles. The predicted molar refractivity (Wildman–Crippen MR) is 122 cm³/mol. The first kappa shape index (κ1) is 20.0. The summed E-state index contributed by atoms with van der Waals surface area (Å²) in [4.78, 5) is 16.6. The third-order valence-electron chi connectivity index (χ3n) is 6.92. The van der Waals surface area contributed by atoms with E-state index in [9.17, 15) is 4.39 Å². The van der Waals surface area contributed by atoms with E-state index in [1.54, 1.807) is 18.3 Å². The molecule has 0 N–H and O–H groups in total. The van der Waals surface area contributed by atoms with Crippen molar-refractivity contribution in [3.8, 4) is 23.0 Å². The lowest BCUT2D eigenvalue weighted by Gasteiger charge is -2.45. The molecular formula is C24H25FN8. The Balaban J connectivity index is 1.52. The molecule has 0 amide bonds.